The van der Waals surface area contributed by atoms with Crippen molar-refractivity contribution in [1.29, 1.82) is 0 Å². The van der Waals surface area contributed by atoms with Crippen LogP contribution in [-0.4, -0.2) is 4.57 Å². The maximum atomic E-state index is 12.9. The standard InChI is InChI=1S/C11H7BrF3NO/c1-16-5-7(11(13,14)15)9-6(10(16)17)3-2-4-8(9)12/h2-5H,1H3. The topological polar surface area (TPSA) is 22.0 Å². The van der Waals surface area contributed by atoms with Crippen LogP contribution >= 0.6 is 15.9 Å². The van der Waals surface area contributed by atoms with Crippen LogP contribution in [0.2, 0.25) is 0 Å². The van der Waals surface area contributed by atoms with Gasteiger partial charge in [-0.2, -0.15) is 13.2 Å². The van der Waals surface area contributed by atoms with Crippen molar-refractivity contribution < 1.29 is 13.2 Å². The van der Waals surface area contributed by atoms with Gasteiger partial charge in [0.1, 0.15) is 0 Å². The number of halogens is 4. The SMILES string of the molecule is Cn1cc(C(F)(F)F)c2c(Br)cccc2c1=O. The lowest BCUT2D eigenvalue weighted by Gasteiger charge is -2.13. The number of aryl methyl sites for hydroxylation is 1. The predicted molar refractivity (Wildman–Crippen MR) is 61.9 cm³/mol. The molecule has 0 unspecified atom stereocenters. The van der Waals surface area contributed by atoms with E-state index in [2.05, 4.69) is 15.9 Å². The van der Waals surface area contributed by atoms with Crippen molar-refractivity contribution in [1.82, 2.24) is 4.57 Å². The fourth-order valence-electron chi connectivity index (χ4n) is 1.70. The monoisotopic (exact) mass is 305 g/mol. The van der Waals surface area contributed by atoms with Crippen LogP contribution in [0.25, 0.3) is 10.8 Å². The summed E-state index contributed by atoms with van der Waals surface area (Å²) in [5, 5.41) is -0.0419. The molecule has 0 bridgehead atoms. The Kier molecular flexibility index (Phi) is 2.77. The quantitative estimate of drug-likeness (QED) is 0.732. The highest BCUT2D eigenvalue weighted by atomic mass is 79.9. The second-order valence-electron chi connectivity index (χ2n) is 3.62. The Bertz CT molecular complexity index is 645. The summed E-state index contributed by atoms with van der Waals surface area (Å²) < 4.78 is 39.8. The lowest BCUT2D eigenvalue weighted by Crippen LogP contribution is -2.20. The van der Waals surface area contributed by atoms with Crippen LogP contribution in [0.5, 0.6) is 0 Å². The minimum absolute atomic E-state index is 0.0525. The van der Waals surface area contributed by atoms with E-state index in [1.807, 2.05) is 0 Å². The summed E-state index contributed by atoms with van der Waals surface area (Å²) in [5.41, 5.74) is -1.27. The van der Waals surface area contributed by atoms with Gasteiger partial charge in [0, 0.05) is 28.5 Å². The van der Waals surface area contributed by atoms with Gasteiger partial charge in [0.2, 0.25) is 0 Å². The zero-order valence-corrected chi connectivity index (χ0v) is 10.3. The lowest BCUT2D eigenvalue weighted by atomic mass is 10.1. The summed E-state index contributed by atoms with van der Waals surface area (Å²) in [6.45, 7) is 0. The van der Waals surface area contributed by atoms with Gasteiger partial charge in [0.15, 0.2) is 0 Å². The van der Waals surface area contributed by atoms with Gasteiger partial charge in [0.05, 0.1) is 5.56 Å². The van der Waals surface area contributed by atoms with E-state index in [1.54, 1.807) is 0 Å². The molecular formula is C11H7BrF3NO. The third kappa shape index (κ3) is 1.97. The number of aromatic nitrogens is 1. The Morgan fingerprint density at radius 1 is 1.29 bits per heavy atom. The molecule has 0 amide bonds. The number of hydrogen-bond acceptors (Lipinski definition) is 1. The molecule has 90 valence electrons. The van der Waals surface area contributed by atoms with E-state index in [0.29, 0.717) is 0 Å². The zero-order valence-electron chi connectivity index (χ0n) is 8.68. The Hall–Kier alpha value is -1.30. The van der Waals surface area contributed by atoms with Crippen LogP contribution in [0.1, 0.15) is 5.56 Å². The van der Waals surface area contributed by atoms with Crippen LogP contribution in [0, 0.1) is 0 Å². The molecule has 2 nitrogen and oxygen atoms in total. The Morgan fingerprint density at radius 2 is 1.94 bits per heavy atom. The van der Waals surface area contributed by atoms with Gasteiger partial charge in [-0.3, -0.25) is 4.79 Å². The summed E-state index contributed by atoms with van der Waals surface area (Å²) >= 11 is 3.05. The van der Waals surface area contributed by atoms with Crippen molar-refractivity contribution in [2.75, 3.05) is 0 Å². The second-order valence-corrected chi connectivity index (χ2v) is 4.47. The van der Waals surface area contributed by atoms with Gasteiger partial charge in [-0.1, -0.05) is 22.0 Å². The van der Waals surface area contributed by atoms with Crippen LogP contribution in [0.4, 0.5) is 13.2 Å². The molecule has 0 saturated carbocycles. The maximum absolute atomic E-state index is 12.9. The van der Waals surface area contributed by atoms with E-state index < -0.39 is 17.3 Å². The average molecular weight is 306 g/mol. The van der Waals surface area contributed by atoms with E-state index >= 15 is 0 Å². The molecule has 0 fully saturated rings. The lowest BCUT2D eigenvalue weighted by molar-refractivity contribution is -0.136. The van der Waals surface area contributed by atoms with Gasteiger partial charge in [0.25, 0.3) is 5.56 Å². The highest BCUT2D eigenvalue weighted by Gasteiger charge is 2.34. The highest BCUT2D eigenvalue weighted by Crippen LogP contribution is 2.36. The molecule has 1 aromatic carbocycles. The van der Waals surface area contributed by atoms with Crippen molar-refractivity contribution in [3.8, 4) is 0 Å². The average Bonchev–Trinajstić information content (AvgIpc) is 2.22. The number of nitrogens with zero attached hydrogens (tertiary/aromatic N) is 1. The molecule has 2 rings (SSSR count). The number of benzene rings is 1. The van der Waals surface area contributed by atoms with Crippen LogP contribution < -0.4 is 5.56 Å². The minimum atomic E-state index is -4.49. The van der Waals surface area contributed by atoms with Gasteiger partial charge >= 0.3 is 6.18 Å². The van der Waals surface area contributed by atoms with Crippen molar-refractivity contribution >= 4 is 26.7 Å². The summed E-state index contributed by atoms with van der Waals surface area (Å²) in [6.07, 6.45) is -3.68. The van der Waals surface area contributed by atoms with Gasteiger partial charge in [-0.25, -0.2) is 0 Å². The fraction of sp³-hybridized carbons (Fsp3) is 0.182. The number of pyridine rings is 1. The second kappa shape index (κ2) is 3.87. The molecule has 2 aromatic rings. The molecule has 0 aliphatic carbocycles. The zero-order chi connectivity index (χ0) is 12.8. The fourth-order valence-corrected chi connectivity index (χ4v) is 2.28. The Morgan fingerprint density at radius 3 is 2.53 bits per heavy atom. The van der Waals surface area contributed by atoms with E-state index in [9.17, 15) is 18.0 Å². The molecule has 6 heteroatoms. The first-order valence-corrected chi connectivity index (χ1v) is 5.46. The van der Waals surface area contributed by atoms with Crippen LogP contribution in [0.3, 0.4) is 0 Å². The molecule has 0 N–H and O–H groups in total. The molecule has 1 heterocycles. The van der Waals surface area contributed by atoms with Gasteiger partial charge < -0.3 is 4.57 Å². The molecule has 0 radical (unpaired) electrons. The van der Waals surface area contributed by atoms with Crippen LogP contribution in [0.15, 0.2) is 33.7 Å². The van der Waals surface area contributed by atoms with Crippen molar-refractivity contribution in [3.63, 3.8) is 0 Å². The predicted octanol–water partition coefficient (Wildman–Crippen LogP) is 3.32. The van der Waals surface area contributed by atoms with Gasteiger partial charge in [-0.15, -0.1) is 0 Å². The normalized spacial score (nSPS) is 12.1. The number of rotatable bonds is 0. The minimum Gasteiger partial charge on any atom is -0.317 e. The Balaban J connectivity index is 3.05. The number of hydrogen-bond donors (Lipinski definition) is 0. The molecular weight excluding hydrogens is 299 g/mol. The van der Waals surface area contributed by atoms with Crippen LogP contribution in [-0.2, 0) is 13.2 Å². The van der Waals surface area contributed by atoms with Crippen molar-refractivity contribution in [2.45, 2.75) is 6.18 Å². The van der Waals surface area contributed by atoms with E-state index in [-0.39, 0.29) is 15.2 Å². The third-order valence-electron chi connectivity index (χ3n) is 2.46. The molecule has 0 atom stereocenters. The molecule has 0 saturated heterocycles. The third-order valence-corrected chi connectivity index (χ3v) is 3.12. The van der Waals surface area contributed by atoms with Crippen molar-refractivity contribution in [3.05, 3.63) is 44.8 Å². The summed E-state index contributed by atoms with van der Waals surface area (Å²) in [4.78, 5) is 11.7. The number of alkyl halides is 3. The first kappa shape index (κ1) is 12.2. The molecule has 0 aliphatic rings. The smallest absolute Gasteiger partial charge is 0.317 e. The largest absolute Gasteiger partial charge is 0.418 e. The van der Waals surface area contributed by atoms with Gasteiger partial charge in [-0.05, 0) is 12.1 Å². The first-order valence-electron chi connectivity index (χ1n) is 4.67. The maximum Gasteiger partial charge on any atom is 0.418 e. The summed E-state index contributed by atoms with van der Waals surface area (Å²) in [6, 6.07) is 4.41. The Labute approximate surface area is 103 Å². The highest BCUT2D eigenvalue weighted by molar-refractivity contribution is 9.10. The molecule has 0 aliphatic heterocycles. The number of fused-ring (bicyclic) bond motifs is 1. The first-order chi connectivity index (χ1) is 7.82. The summed E-state index contributed by atoms with van der Waals surface area (Å²) in [7, 11) is 1.30. The van der Waals surface area contributed by atoms with E-state index in [1.165, 1.54) is 25.2 Å². The molecule has 0 spiro atoms. The molecule has 17 heavy (non-hydrogen) atoms. The van der Waals surface area contributed by atoms with Crippen molar-refractivity contribution in [2.24, 2.45) is 7.05 Å². The van der Waals surface area contributed by atoms with E-state index in [4.69, 9.17) is 0 Å². The summed E-state index contributed by atoms with van der Waals surface area (Å²) in [5.74, 6) is 0. The molecule has 1 aromatic heterocycles. The van der Waals surface area contributed by atoms with E-state index in [0.717, 1.165) is 10.8 Å².